The van der Waals surface area contributed by atoms with Gasteiger partial charge in [0.25, 0.3) is 5.91 Å². The van der Waals surface area contributed by atoms with Crippen molar-refractivity contribution in [3.8, 4) is 0 Å². The number of aromatic nitrogens is 3. The molecule has 1 aromatic carbocycles. The number of fused-ring (bicyclic) bond motifs is 1. The number of rotatable bonds is 6. The standard InChI is InChI=1S/C18H25N5O3S/c1-13-7-8-14(27(25,26)19-2)12-15(13)18(24)20-10-9-17-22-21-16-6-4-3-5-11-23(16)17/h7-8,12,19H,3-6,9-11H2,1-2H3,(H,20,24). The largest absolute Gasteiger partial charge is 0.352 e. The first kappa shape index (κ1) is 19.5. The van der Waals surface area contributed by atoms with Crippen LogP contribution < -0.4 is 10.0 Å². The van der Waals surface area contributed by atoms with E-state index in [1.807, 2.05) is 0 Å². The van der Waals surface area contributed by atoms with E-state index >= 15 is 0 Å². The molecule has 27 heavy (non-hydrogen) atoms. The van der Waals surface area contributed by atoms with Gasteiger partial charge in [-0.05, 0) is 44.5 Å². The Bertz CT molecular complexity index is 936. The maximum atomic E-state index is 12.5. The Kier molecular flexibility index (Phi) is 5.91. The summed E-state index contributed by atoms with van der Waals surface area (Å²) in [4.78, 5) is 12.6. The highest BCUT2D eigenvalue weighted by Crippen LogP contribution is 2.16. The van der Waals surface area contributed by atoms with Gasteiger partial charge in [-0.1, -0.05) is 12.5 Å². The van der Waals surface area contributed by atoms with E-state index in [0.717, 1.165) is 43.0 Å². The summed E-state index contributed by atoms with van der Waals surface area (Å²) in [6.45, 7) is 3.12. The van der Waals surface area contributed by atoms with E-state index in [-0.39, 0.29) is 10.8 Å². The fourth-order valence-corrected chi connectivity index (χ4v) is 4.00. The maximum Gasteiger partial charge on any atom is 0.251 e. The Balaban J connectivity index is 1.67. The molecule has 1 aromatic heterocycles. The average molecular weight is 391 g/mol. The molecule has 1 aliphatic rings. The third-order valence-electron chi connectivity index (χ3n) is 4.85. The van der Waals surface area contributed by atoms with E-state index in [2.05, 4.69) is 24.8 Å². The summed E-state index contributed by atoms with van der Waals surface area (Å²) in [6.07, 6.45) is 5.00. The molecule has 2 N–H and O–H groups in total. The molecule has 146 valence electrons. The summed E-state index contributed by atoms with van der Waals surface area (Å²) in [5.41, 5.74) is 1.07. The van der Waals surface area contributed by atoms with Crippen molar-refractivity contribution < 1.29 is 13.2 Å². The van der Waals surface area contributed by atoms with Crippen molar-refractivity contribution in [1.82, 2.24) is 24.8 Å². The molecule has 0 saturated carbocycles. The Morgan fingerprint density at radius 2 is 2.04 bits per heavy atom. The van der Waals surface area contributed by atoms with E-state index in [1.165, 1.54) is 25.6 Å². The molecule has 9 heteroatoms. The van der Waals surface area contributed by atoms with E-state index in [0.29, 0.717) is 18.5 Å². The second-order valence-corrected chi connectivity index (χ2v) is 8.57. The smallest absolute Gasteiger partial charge is 0.251 e. The van der Waals surface area contributed by atoms with Crippen molar-refractivity contribution in [3.63, 3.8) is 0 Å². The molecule has 0 aliphatic carbocycles. The highest BCUT2D eigenvalue weighted by molar-refractivity contribution is 7.89. The number of hydrogen-bond donors (Lipinski definition) is 2. The van der Waals surface area contributed by atoms with Gasteiger partial charge < -0.3 is 9.88 Å². The molecule has 0 unspecified atom stereocenters. The Hall–Kier alpha value is -2.26. The zero-order chi connectivity index (χ0) is 19.4. The summed E-state index contributed by atoms with van der Waals surface area (Å²) >= 11 is 0. The molecule has 2 aromatic rings. The minimum absolute atomic E-state index is 0.0727. The van der Waals surface area contributed by atoms with Crippen LogP contribution in [0.3, 0.4) is 0 Å². The van der Waals surface area contributed by atoms with Gasteiger partial charge in [0.15, 0.2) is 0 Å². The molecule has 0 fully saturated rings. The number of sulfonamides is 1. The topological polar surface area (TPSA) is 106 Å². The number of carbonyl (C=O) groups is 1. The van der Waals surface area contributed by atoms with Gasteiger partial charge in [0, 0.05) is 31.5 Å². The quantitative estimate of drug-likeness (QED) is 0.769. The molecule has 0 spiro atoms. The summed E-state index contributed by atoms with van der Waals surface area (Å²) in [7, 11) is -2.25. The van der Waals surface area contributed by atoms with E-state index in [9.17, 15) is 13.2 Å². The average Bonchev–Trinajstić information content (AvgIpc) is 2.88. The Morgan fingerprint density at radius 3 is 2.81 bits per heavy atom. The first-order chi connectivity index (χ1) is 12.9. The van der Waals surface area contributed by atoms with Gasteiger partial charge in [-0.15, -0.1) is 10.2 Å². The highest BCUT2D eigenvalue weighted by atomic mass is 32.2. The first-order valence-corrected chi connectivity index (χ1v) is 10.6. The van der Waals surface area contributed by atoms with Gasteiger partial charge in [0.1, 0.15) is 11.6 Å². The maximum absolute atomic E-state index is 12.5. The molecule has 3 rings (SSSR count). The van der Waals surface area contributed by atoms with Crippen LogP contribution in [0.4, 0.5) is 0 Å². The molecule has 0 atom stereocenters. The summed E-state index contributed by atoms with van der Waals surface area (Å²) in [5.74, 6) is 1.61. The molecular weight excluding hydrogens is 366 g/mol. The van der Waals surface area contributed by atoms with Crippen molar-refractivity contribution >= 4 is 15.9 Å². The molecule has 0 bridgehead atoms. The van der Waals surface area contributed by atoms with Crippen molar-refractivity contribution in [2.45, 2.75) is 50.5 Å². The number of hydrogen-bond acceptors (Lipinski definition) is 5. The zero-order valence-corrected chi connectivity index (χ0v) is 16.5. The molecule has 8 nitrogen and oxygen atoms in total. The number of carbonyl (C=O) groups excluding carboxylic acids is 1. The van der Waals surface area contributed by atoms with Crippen LogP contribution in [0.5, 0.6) is 0 Å². The number of benzene rings is 1. The third-order valence-corrected chi connectivity index (χ3v) is 6.26. The monoisotopic (exact) mass is 391 g/mol. The molecule has 0 radical (unpaired) electrons. The van der Waals surface area contributed by atoms with Gasteiger partial charge in [-0.25, -0.2) is 13.1 Å². The van der Waals surface area contributed by atoms with Gasteiger partial charge in [0.2, 0.25) is 10.0 Å². The second kappa shape index (κ2) is 8.18. The highest BCUT2D eigenvalue weighted by Gasteiger charge is 2.17. The fourth-order valence-electron chi connectivity index (χ4n) is 3.24. The predicted octanol–water partition coefficient (Wildman–Crippen LogP) is 1.19. The predicted molar refractivity (Wildman–Crippen MR) is 101 cm³/mol. The van der Waals surface area contributed by atoms with Crippen molar-refractivity contribution in [3.05, 3.63) is 41.0 Å². The summed E-state index contributed by atoms with van der Waals surface area (Å²) < 4.78 is 28.3. The van der Waals surface area contributed by atoms with Crippen LogP contribution >= 0.6 is 0 Å². The molecule has 0 saturated heterocycles. The van der Waals surface area contributed by atoms with Crippen LogP contribution in [0.25, 0.3) is 0 Å². The van der Waals surface area contributed by atoms with Crippen LogP contribution in [-0.4, -0.2) is 42.7 Å². The van der Waals surface area contributed by atoms with E-state index in [1.54, 1.807) is 13.0 Å². The lowest BCUT2D eigenvalue weighted by Gasteiger charge is -2.11. The molecular formula is C18H25N5O3S. The van der Waals surface area contributed by atoms with Crippen LogP contribution in [0.2, 0.25) is 0 Å². The van der Waals surface area contributed by atoms with Gasteiger partial charge >= 0.3 is 0 Å². The van der Waals surface area contributed by atoms with Crippen molar-refractivity contribution in [1.29, 1.82) is 0 Å². The summed E-state index contributed by atoms with van der Waals surface area (Å²) in [5, 5.41) is 11.4. The minimum atomic E-state index is -3.59. The van der Waals surface area contributed by atoms with E-state index in [4.69, 9.17) is 0 Å². The fraction of sp³-hybridized carbons (Fsp3) is 0.500. The number of nitrogens with zero attached hydrogens (tertiary/aromatic N) is 3. The van der Waals surface area contributed by atoms with Crippen LogP contribution in [-0.2, 0) is 29.4 Å². The first-order valence-electron chi connectivity index (χ1n) is 9.16. The lowest BCUT2D eigenvalue weighted by molar-refractivity contribution is 0.0953. The summed E-state index contributed by atoms with van der Waals surface area (Å²) in [6, 6.07) is 4.53. The van der Waals surface area contributed by atoms with Gasteiger partial charge in [-0.3, -0.25) is 4.79 Å². The second-order valence-electron chi connectivity index (χ2n) is 6.68. The Labute approximate surface area is 159 Å². The lowest BCUT2D eigenvalue weighted by atomic mass is 10.1. The van der Waals surface area contributed by atoms with Crippen LogP contribution in [0.15, 0.2) is 23.1 Å². The lowest BCUT2D eigenvalue weighted by Crippen LogP contribution is -2.28. The minimum Gasteiger partial charge on any atom is -0.352 e. The number of aryl methyl sites for hydroxylation is 2. The zero-order valence-electron chi connectivity index (χ0n) is 15.7. The van der Waals surface area contributed by atoms with Crippen LogP contribution in [0.1, 0.15) is 46.8 Å². The molecule has 1 amide bonds. The van der Waals surface area contributed by atoms with Crippen molar-refractivity contribution in [2.24, 2.45) is 0 Å². The Morgan fingerprint density at radius 1 is 1.22 bits per heavy atom. The SMILES string of the molecule is CNS(=O)(=O)c1ccc(C)c(C(=O)NCCc2nnc3n2CCCCC3)c1. The van der Waals surface area contributed by atoms with Crippen molar-refractivity contribution in [2.75, 3.05) is 13.6 Å². The normalized spacial score (nSPS) is 14.4. The van der Waals surface area contributed by atoms with E-state index < -0.39 is 10.0 Å². The molecule has 1 aliphatic heterocycles. The van der Waals surface area contributed by atoms with Crippen LogP contribution in [0, 0.1) is 6.92 Å². The molecule has 2 heterocycles. The van der Waals surface area contributed by atoms with Gasteiger partial charge in [0.05, 0.1) is 4.90 Å². The number of nitrogens with one attached hydrogen (secondary N) is 2. The third kappa shape index (κ3) is 4.36. The van der Waals surface area contributed by atoms with Gasteiger partial charge in [-0.2, -0.15) is 0 Å². The number of amides is 1.